The Hall–Kier alpha value is -1.39. The molecule has 2 rings (SSSR count). The Labute approximate surface area is 107 Å². The molecule has 1 fully saturated rings. The van der Waals surface area contributed by atoms with Gasteiger partial charge in [-0.05, 0) is 25.5 Å². The second kappa shape index (κ2) is 5.98. The van der Waals surface area contributed by atoms with Crippen LogP contribution >= 0.6 is 0 Å². The number of carboxylic acids is 1. The van der Waals surface area contributed by atoms with Crippen LogP contribution in [-0.2, 0) is 4.79 Å². The molecule has 3 N–H and O–H groups in total. The maximum absolute atomic E-state index is 11.2. The molecule has 1 aliphatic heterocycles. The number of benzene rings is 1. The summed E-state index contributed by atoms with van der Waals surface area (Å²) in [6, 6.07) is 10.3. The first kappa shape index (κ1) is 13.1. The SMILES string of the molecule is CC(NC1CCNCC1C(=O)O)c1ccccc1. The third-order valence-electron chi connectivity index (χ3n) is 3.56. The maximum atomic E-state index is 11.2. The lowest BCUT2D eigenvalue weighted by molar-refractivity contribution is -0.143. The van der Waals surface area contributed by atoms with Gasteiger partial charge in [-0.15, -0.1) is 0 Å². The molecule has 3 atom stereocenters. The van der Waals surface area contributed by atoms with Crippen molar-refractivity contribution in [1.29, 1.82) is 0 Å². The van der Waals surface area contributed by atoms with Crippen molar-refractivity contribution < 1.29 is 9.90 Å². The maximum Gasteiger partial charge on any atom is 0.309 e. The van der Waals surface area contributed by atoms with Crippen LogP contribution in [0.15, 0.2) is 30.3 Å². The largest absolute Gasteiger partial charge is 0.481 e. The van der Waals surface area contributed by atoms with Gasteiger partial charge in [-0.3, -0.25) is 4.79 Å². The van der Waals surface area contributed by atoms with E-state index in [-0.39, 0.29) is 18.0 Å². The molecule has 1 saturated heterocycles. The number of piperidine rings is 1. The summed E-state index contributed by atoms with van der Waals surface area (Å²) < 4.78 is 0. The zero-order valence-corrected chi connectivity index (χ0v) is 10.6. The van der Waals surface area contributed by atoms with Crippen molar-refractivity contribution in [2.75, 3.05) is 13.1 Å². The molecule has 0 amide bonds. The van der Waals surface area contributed by atoms with E-state index in [0.29, 0.717) is 6.54 Å². The lowest BCUT2D eigenvalue weighted by Gasteiger charge is -2.32. The smallest absolute Gasteiger partial charge is 0.309 e. The van der Waals surface area contributed by atoms with Gasteiger partial charge in [0.1, 0.15) is 0 Å². The summed E-state index contributed by atoms with van der Waals surface area (Å²) >= 11 is 0. The summed E-state index contributed by atoms with van der Waals surface area (Å²) in [6.45, 7) is 3.51. The quantitative estimate of drug-likeness (QED) is 0.754. The standard InChI is InChI=1S/C14H20N2O2/c1-10(11-5-3-2-4-6-11)16-13-7-8-15-9-12(13)14(17)18/h2-6,10,12-13,15-16H,7-9H2,1H3,(H,17,18). The van der Waals surface area contributed by atoms with Crippen LogP contribution in [0.2, 0.25) is 0 Å². The Bertz CT molecular complexity index is 394. The predicted octanol–water partition coefficient (Wildman–Crippen LogP) is 1.40. The minimum Gasteiger partial charge on any atom is -0.481 e. The normalized spacial score (nSPS) is 25.6. The third kappa shape index (κ3) is 3.09. The summed E-state index contributed by atoms with van der Waals surface area (Å²) in [4.78, 5) is 11.2. The summed E-state index contributed by atoms with van der Waals surface area (Å²) in [7, 11) is 0. The first-order chi connectivity index (χ1) is 8.68. The first-order valence-corrected chi connectivity index (χ1v) is 6.43. The van der Waals surface area contributed by atoms with Gasteiger partial charge in [0.15, 0.2) is 0 Å². The van der Waals surface area contributed by atoms with Gasteiger partial charge in [0, 0.05) is 18.6 Å². The average molecular weight is 248 g/mol. The van der Waals surface area contributed by atoms with Gasteiger partial charge in [0.25, 0.3) is 0 Å². The van der Waals surface area contributed by atoms with Crippen molar-refractivity contribution in [1.82, 2.24) is 10.6 Å². The van der Waals surface area contributed by atoms with E-state index in [9.17, 15) is 9.90 Å². The number of carbonyl (C=O) groups is 1. The van der Waals surface area contributed by atoms with E-state index in [4.69, 9.17) is 0 Å². The van der Waals surface area contributed by atoms with Gasteiger partial charge in [-0.2, -0.15) is 0 Å². The average Bonchev–Trinajstić information content (AvgIpc) is 2.40. The van der Waals surface area contributed by atoms with Crippen molar-refractivity contribution >= 4 is 5.97 Å². The summed E-state index contributed by atoms with van der Waals surface area (Å²) in [5.74, 6) is -1.06. The zero-order chi connectivity index (χ0) is 13.0. The topological polar surface area (TPSA) is 61.4 Å². The highest BCUT2D eigenvalue weighted by Gasteiger charge is 2.31. The molecular formula is C14H20N2O2. The highest BCUT2D eigenvalue weighted by atomic mass is 16.4. The number of aliphatic carboxylic acids is 1. The van der Waals surface area contributed by atoms with E-state index in [0.717, 1.165) is 13.0 Å². The van der Waals surface area contributed by atoms with Gasteiger partial charge in [0.2, 0.25) is 0 Å². The van der Waals surface area contributed by atoms with Gasteiger partial charge in [-0.1, -0.05) is 30.3 Å². The van der Waals surface area contributed by atoms with Crippen LogP contribution in [0.3, 0.4) is 0 Å². The lowest BCUT2D eigenvalue weighted by atomic mass is 9.92. The van der Waals surface area contributed by atoms with Crippen LogP contribution in [0, 0.1) is 5.92 Å². The lowest BCUT2D eigenvalue weighted by Crippen LogP contribution is -2.51. The fraction of sp³-hybridized carbons (Fsp3) is 0.500. The van der Waals surface area contributed by atoms with E-state index in [1.165, 1.54) is 5.56 Å². The van der Waals surface area contributed by atoms with Crippen LogP contribution in [0.5, 0.6) is 0 Å². The van der Waals surface area contributed by atoms with Crippen molar-refractivity contribution in [2.24, 2.45) is 5.92 Å². The summed E-state index contributed by atoms with van der Waals surface area (Å²) in [6.07, 6.45) is 0.855. The number of hydrogen-bond acceptors (Lipinski definition) is 3. The number of nitrogens with one attached hydrogen (secondary N) is 2. The fourth-order valence-corrected chi connectivity index (χ4v) is 2.48. The molecule has 3 unspecified atom stereocenters. The molecule has 1 aliphatic rings. The molecule has 18 heavy (non-hydrogen) atoms. The molecule has 98 valence electrons. The highest BCUT2D eigenvalue weighted by Crippen LogP contribution is 2.18. The van der Waals surface area contributed by atoms with E-state index >= 15 is 0 Å². The van der Waals surface area contributed by atoms with Crippen LogP contribution in [-0.4, -0.2) is 30.2 Å². The Morgan fingerprint density at radius 2 is 2.17 bits per heavy atom. The molecule has 1 aromatic rings. The van der Waals surface area contributed by atoms with Gasteiger partial charge >= 0.3 is 5.97 Å². The summed E-state index contributed by atoms with van der Waals surface area (Å²) in [5.41, 5.74) is 1.19. The number of rotatable bonds is 4. The van der Waals surface area contributed by atoms with Gasteiger partial charge < -0.3 is 15.7 Å². The van der Waals surface area contributed by atoms with E-state index in [2.05, 4.69) is 29.7 Å². The van der Waals surface area contributed by atoms with Crippen molar-refractivity contribution in [3.05, 3.63) is 35.9 Å². The van der Waals surface area contributed by atoms with Crippen LogP contribution in [0.25, 0.3) is 0 Å². The van der Waals surface area contributed by atoms with Crippen LogP contribution < -0.4 is 10.6 Å². The molecule has 4 heteroatoms. The Morgan fingerprint density at radius 3 is 2.83 bits per heavy atom. The third-order valence-corrected chi connectivity index (χ3v) is 3.56. The van der Waals surface area contributed by atoms with E-state index in [1.807, 2.05) is 18.2 Å². The molecule has 0 spiro atoms. The minimum absolute atomic E-state index is 0.0407. The van der Waals surface area contributed by atoms with Crippen LogP contribution in [0.4, 0.5) is 0 Å². The zero-order valence-electron chi connectivity index (χ0n) is 10.6. The van der Waals surface area contributed by atoms with Crippen LogP contribution in [0.1, 0.15) is 24.9 Å². The van der Waals surface area contributed by atoms with Crippen molar-refractivity contribution in [3.63, 3.8) is 0 Å². The summed E-state index contributed by atoms with van der Waals surface area (Å²) in [5, 5.41) is 15.8. The second-order valence-corrected chi connectivity index (χ2v) is 4.84. The predicted molar refractivity (Wildman–Crippen MR) is 70.4 cm³/mol. The van der Waals surface area contributed by atoms with E-state index < -0.39 is 5.97 Å². The van der Waals surface area contributed by atoms with Crippen molar-refractivity contribution in [3.8, 4) is 0 Å². The molecule has 0 aromatic heterocycles. The molecule has 0 aliphatic carbocycles. The second-order valence-electron chi connectivity index (χ2n) is 4.84. The van der Waals surface area contributed by atoms with Crippen molar-refractivity contribution in [2.45, 2.75) is 25.4 Å². The highest BCUT2D eigenvalue weighted by molar-refractivity contribution is 5.71. The Balaban J connectivity index is 2.01. The molecule has 0 saturated carbocycles. The van der Waals surface area contributed by atoms with Gasteiger partial charge in [-0.25, -0.2) is 0 Å². The Morgan fingerprint density at radius 1 is 1.44 bits per heavy atom. The molecular weight excluding hydrogens is 228 g/mol. The number of carboxylic acid groups (broad SMARTS) is 1. The molecule has 0 bridgehead atoms. The van der Waals surface area contributed by atoms with E-state index in [1.54, 1.807) is 0 Å². The molecule has 0 radical (unpaired) electrons. The molecule has 1 heterocycles. The van der Waals surface area contributed by atoms with Gasteiger partial charge in [0.05, 0.1) is 5.92 Å². The molecule has 1 aromatic carbocycles. The number of hydrogen-bond donors (Lipinski definition) is 3. The fourth-order valence-electron chi connectivity index (χ4n) is 2.48. The first-order valence-electron chi connectivity index (χ1n) is 6.43. The monoisotopic (exact) mass is 248 g/mol. The minimum atomic E-state index is -0.722. The molecule has 4 nitrogen and oxygen atoms in total. The Kier molecular flexibility index (Phi) is 4.33.